The number of nitrogens with zero attached hydrogens (tertiary/aromatic N) is 1. The van der Waals surface area contributed by atoms with Gasteiger partial charge in [-0.1, -0.05) is 12.1 Å². The van der Waals surface area contributed by atoms with Crippen LogP contribution in [-0.4, -0.2) is 34.5 Å². The smallest absolute Gasteiger partial charge is 0.240 e. The van der Waals surface area contributed by atoms with Crippen molar-refractivity contribution in [2.45, 2.75) is 44.2 Å². The minimum Gasteiger partial charge on any atom is -0.508 e. The second-order valence-corrected chi connectivity index (χ2v) is 6.14. The Bertz CT molecular complexity index is 478. The molecule has 1 aromatic rings. The molecule has 20 heavy (non-hydrogen) atoms. The van der Waals surface area contributed by atoms with E-state index >= 15 is 0 Å². The number of phenolic OH excluding ortho intramolecular Hbond substituents is 1. The molecule has 4 heteroatoms. The lowest BCUT2D eigenvalue weighted by molar-refractivity contribution is -0.133. The van der Waals surface area contributed by atoms with Crippen LogP contribution >= 0.6 is 0 Å². The van der Waals surface area contributed by atoms with Crippen LogP contribution in [-0.2, 0) is 11.2 Å². The molecule has 2 aliphatic carbocycles. The number of hydrogen-bond acceptors (Lipinski definition) is 3. The van der Waals surface area contributed by atoms with Gasteiger partial charge in [-0.15, -0.1) is 0 Å². The molecule has 0 saturated heterocycles. The highest BCUT2D eigenvalue weighted by Crippen LogP contribution is 2.35. The third kappa shape index (κ3) is 3.31. The second-order valence-electron chi connectivity index (χ2n) is 6.14. The van der Waals surface area contributed by atoms with Crippen molar-refractivity contribution in [3.05, 3.63) is 29.8 Å². The van der Waals surface area contributed by atoms with E-state index in [1.807, 2.05) is 17.0 Å². The van der Waals surface area contributed by atoms with E-state index in [2.05, 4.69) is 0 Å². The summed E-state index contributed by atoms with van der Waals surface area (Å²) in [6, 6.07) is 6.88. The number of hydrogen-bond donors (Lipinski definition) is 2. The first kappa shape index (κ1) is 13.4. The summed E-state index contributed by atoms with van der Waals surface area (Å²) in [5, 5.41) is 9.27. The second kappa shape index (κ2) is 5.44. The highest BCUT2D eigenvalue weighted by atomic mass is 16.3. The molecule has 3 rings (SSSR count). The fraction of sp³-hybridized carbons (Fsp3) is 0.562. The quantitative estimate of drug-likeness (QED) is 0.829. The molecule has 1 amide bonds. The molecule has 0 radical (unpaired) electrons. The van der Waals surface area contributed by atoms with E-state index in [-0.39, 0.29) is 11.7 Å². The van der Waals surface area contributed by atoms with Crippen LogP contribution in [0.15, 0.2) is 24.3 Å². The third-order valence-electron chi connectivity index (χ3n) is 4.13. The van der Waals surface area contributed by atoms with Gasteiger partial charge in [0, 0.05) is 12.6 Å². The molecular formula is C16H22N2O2. The molecular weight excluding hydrogens is 252 g/mol. The summed E-state index contributed by atoms with van der Waals surface area (Å²) >= 11 is 0. The molecule has 1 unspecified atom stereocenters. The van der Waals surface area contributed by atoms with E-state index in [9.17, 15) is 9.90 Å². The van der Waals surface area contributed by atoms with Crippen molar-refractivity contribution in [3.8, 4) is 5.75 Å². The first-order valence-corrected chi connectivity index (χ1v) is 7.47. The Labute approximate surface area is 119 Å². The van der Waals surface area contributed by atoms with Gasteiger partial charge in [-0.3, -0.25) is 4.79 Å². The standard InChI is InChI=1S/C16H22N2O2/c17-15(9-11-3-7-14(19)8-4-11)16(20)18(13-5-6-13)10-12-1-2-12/h3-4,7-8,12-13,15,19H,1-2,5-6,9-10,17H2. The van der Waals surface area contributed by atoms with Gasteiger partial charge in [-0.05, 0) is 55.7 Å². The molecule has 2 aliphatic rings. The van der Waals surface area contributed by atoms with Gasteiger partial charge in [-0.25, -0.2) is 0 Å². The molecule has 3 N–H and O–H groups in total. The van der Waals surface area contributed by atoms with Crippen molar-refractivity contribution in [3.63, 3.8) is 0 Å². The van der Waals surface area contributed by atoms with Gasteiger partial charge in [0.2, 0.25) is 5.91 Å². The number of phenols is 1. The van der Waals surface area contributed by atoms with Gasteiger partial charge in [0.15, 0.2) is 0 Å². The first-order chi connectivity index (χ1) is 9.63. The van der Waals surface area contributed by atoms with Crippen LogP contribution in [0.2, 0.25) is 0 Å². The van der Waals surface area contributed by atoms with E-state index in [1.165, 1.54) is 12.8 Å². The first-order valence-electron chi connectivity index (χ1n) is 7.47. The minimum absolute atomic E-state index is 0.0903. The van der Waals surface area contributed by atoms with Crippen LogP contribution in [0.5, 0.6) is 5.75 Å². The van der Waals surface area contributed by atoms with Crippen LogP contribution in [0.3, 0.4) is 0 Å². The maximum Gasteiger partial charge on any atom is 0.240 e. The molecule has 1 aromatic carbocycles. The molecule has 0 aliphatic heterocycles. The molecule has 0 aromatic heterocycles. The predicted molar refractivity (Wildman–Crippen MR) is 77.2 cm³/mol. The van der Waals surface area contributed by atoms with Gasteiger partial charge in [0.25, 0.3) is 0 Å². The van der Waals surface area contributed by atoms with Gasteiger partial charge in [0.1, 0.15) is 5.75 Å². The van der Waals surface area contributed by atoms with Crippen molar-refractivity contribution in [2.75, 3.05) is 6.54 Å². The number of carbonyl (C=O) groups is 1. The summed E-state index contributed by atoms with van der Waals surface area (Å²) in [6.45, 7) is 0.896. The van der Waals surface area contributed by atoms with Crippen molar-refractivity contribution in [1.82, 2.24) is 4.90 Å². The lowest BCUT2D eigenvalue weighted by Crippen LogP contribution is -2.46. The number of carbonyl (C=O) groups excluding carboxylic acids is 1. The zero-order chi connectivity index (χ0) is 14.1. The summed E-state index contributed by atoms with van der Waals surface area (Å²) in [6.07, 6.45) is 5.30. The fourth-order valence-electron chi connectivity index (χ4n) is 2.57. The van der Waals surface area contributed by atoms with Crippen molar-refractivity contribution in [1.29, 1.82) is 0 Å². The van der Waals surface area contributed by atoms with Gasteiger partial charge >= 0.3 is 0 Å². The Morgan fingerprint density at radius 3 is 2.45 bits per heavy atom. The zero-order valence-electron chi connectivity index (χ0n) is 11.7. The van der Waals surface area contributed by atoms with Crippen LogP contribution in [0.1, 0.15) is 31.2 Å². The number of aromatic hydroxyl groups is 1. The Morgan fingerprint density at radius 1 is 1.25 bits per heavy atom. The predicted octanol–water partition coefficient (Wildman–Crippen LogP) is 1.66. The maximum absolute atomic E-state index is 12.5. The molecule has 4 nitrogen and oxygen atoms in total. The highest BCUT2D eigenvalue weighted by molar-refractivity contribution is 5.82. The Balaban J connectivity index is 1.60. The molecule has 0 heterocycles. The van der Waals surface area contributed by atoms with Crippen LogP contribution in [0, 0.1) is 5.92 Å². The number of rotatable bonds is 6. The molecule has 0 bridgehead atoms. The van der Waals surface area contributed by atoms with E-state index in [0.717, 1.165) is 24.9 Å². The van der Waals surface area contributed by atoms with Crippen molar-refractivity contribution >= 4 is 5.91 Å². The van der Waals surface area contributed by atoms with Crippen molar-refractivity contribution < 1.29 is 9.90 Å². The van der Waals surface area contributed by atoms with Gasteiger partial charge in [-0.2, -0.15) is 0 Å². The lowest BCUT2D eigenvalue weighted by Gasteiger charge is -2.25. The van der Waals surface area contributed by atoms with Crippen LogP contribution < -0.4 is 5.73 Å². The molecule has 2 fully saturated rings. The molecule has 1 atom stereocenters. The van der Waals surface area contributed by atoms with E-state index in [4.69, 9.17) is 5.73 Å². The highest BCUT2D eigenvalue weighted by Gasteiger charge is 2.38. The summed E-state index contributed by atoms with van der Waals surface area (Å²) in [4.78, 5) is 14.5. The van der Waals surface area contributed by atoms with E-state index in [1.54, 1.807) is 12.1 Å². The number of nitrogens with two attached hydrogens (primary N) is 1. The number of amides is 1. The normalized spacial score (nSPS) is 19.6. The Kier molecular flexibility index (Phi) is 3.66. The van der Waals surface area contributed by atoms with Crippen LogP contribution in [0.25, 0.3) is 0 Å². The zero-order valence-corrected chi connectivity index (χ0v) is 11.7. The van der Waals surface area contributed by atoms with Crippen molar-refractivity contribution in [2.24, 2.45) is 11.7 Å². The third-order valence-corrected chi connectivity index (χ3v) is 4.13. The minimum atomic E-state index is -0.473. The molecule has 0 spiro atoms. The van der Waals surface area contributed by atoms with Gasteiger partial charge in [0.05, 0.1) is 6.04 Å². The summed E-state index contributed by atoms with van der Waals surface area (Å²) in [5.74, 6) is 1.04. The fourth-order valence-corrected chi connectivity index (χ4v) is 2.57. The monoisotopic (exact) mass is 274 g/mol. The average molecular weight is 274 g/mol. The topological polar surface area (TPSA) is 66.6 Å². The largest absolute Gasteiger partial charge is 0.508 e. The van der Waals surface area contributed by atoms with Gasteiger partial charge < -0.3 is 15.7 Å². The van der Waals surface area contributed by atoms with E-state index in [0.29, 0.717) is 18.4 Å². The number of benzene rings is 1. The van der Waals surface area contributed by atoms with E-state index < -0.39 is 6.04 Å². The maximum atomic E-state index is 12.5. The molecule has 108 valence electrons. The summed E-state index contributed by atoms with van der Waals surface area (Å²) in [5.41, 5.74) is 7.09. The summed E-state index contributed by atoms with van der Waals surface area (Å²) < 4.78 is 0. The summed E-state index contributed by atoms with van der Waals surface area (Å²) in [7, 11) is 0. The SMILES string of the molecule is NC(Cc1ccc(O)cc1)C(=O)N(CC1CC1)C1CC1. The molecule has 2 saturated carbocycles. The lowest BCUT2D eigenvalue weighted by atomic mass is 10.1. The Hall–Kier alpha value is -1.55. The Morgan fingerprint density at radius 2 is 1.90 bits per heavy atom. The van der Waals surface area contributed by atoms with Crippen LogP contribution in [0.4, 0.5) is 0 Å². The average Bonchev–Trinajstić information content (AvgIpc) is 3.30.